The van der Waals surface area contributed by atoms with Gasteiger partial charge in [-0.25, -0.2) is 4.39 Å². The lowest BCUT2D eigenvalue weighted by molar-refractivity contribution is 0.0645. The van der Waals surface area contributed by atoms with E-state index in [0.717, 1.165) is 0 Å². The van der Waals surface area contributed by atoms with Gasteiger partial charge < -0.3 is 5.11 Å². The Labute approximate surface area is 82.6 Å². The van der Waals surface area contributed by atoms with Gasteiger partial charge in [0.2, 0.25) is 0 Å². The Balaban J connectivity index is 2.79. The monoisotopic (exact) mass is 193 g/mol. The van der Waals surface area contributed by atoms with E-state index in [1.54, 1.807) is 18.2 Å². The number of nitriles is 1. The van der Waals surface area contributed by atoms with Gasteiger partial charge in [0, 0.05) is 6.42 Å². The second-order valence-electron chi connectivity index (χ2n) is 3.60. The molecule has 0 aliphatic carbocycles. The van der Waals surface area contributed by atoms with Crippen molar-refractivity contribution in [3.8, 4) is 6.07 Å². The van der Waals surface area contributed by atoms with Crippen LogP contribution in [0.2, 0.25) is 0 Å². The molecule has 2 nitrogen and oxygen atoms in total. The fraction of sp³-hybridized carbons (Fsp3) is 0.364. The Kier molecular flexibility index (Phi) is 3.21. The standard InChI is InChI=1S/C11H12FNO/c1-11(14,6-7-13)8-9-4-2-3-5-10(9)12/h2-5,14H,6,8H2,1H3. The number of hydrogen-bond acceptors (Lipinski definition) is 2. The summed E-state index contributed by atoms with van der Waals surface area (Å²) in [6, 6.07) is 8.14. The molecule has 0 aliphatic rings. The van der Waals surface area contributed by atoms with Crippen LogP contribution in [0.5, 0.6) is 0 Å². The van der Waals surface area contributed by atoms with Crippen molar-refractivity contribution in [2.45, 2.75) is 25.4 Å². The van der Waals surface area contributed by atoms with Crippen molar-refractivity contribution in [3.63, 3.8) is 0 Å². The van der Waals surface area contributed by atoms with Crippen molar-refractivity contribution in [2.75, 3.05) is 0 Å². The van der Waals surface area contributed by atoms with E-state index in [-0.39, 0.29) is 18.7 Å². The van der Waals surface area contributed by atoms with Crippen LogP contribution in [-0.2, 0) is 6.42 Å². The molecule has 0 amide bonds. The van der Waals surface area contributed by atoms with Crippen molar-refractivity contribution in [1.29, 1.82) is 5.26 Å². The van der Waals surface area contributed by atoms with E-state index in [1.165, 1.54) is 13.0 Å². The first-order valence-electron chi connectivity index (χ1n) is 4.38. The maximum atomic E-state index is 13.2. The number of hydrogen-bond donors (Lipinski definition) is 1. The molecule has 0 aromatic heterocycles. The summed E-state index contributed by atoms with van der Waals surface area (Å²) >= 11 is 0. The van der Waals surface area contributed by atoms with Crippen molar-refractivity contribution >= 4 is 0 Å². The molecule has 0 saturated heterocycles. The highest BCUT2D eigenvalue weighted by Gasteiger charge is 2.21. The fourth-order valence-corrected chi connectivity index (χ4v) is 1.28. The summed E-state index contributed by atoms with van der Waals surface area (Å²) in [7, 11) is 0. The van der Waals surface area contributed by atoms with E-state index in [1.807, 2.05) is 6.07 Å². The number of aliphatic hydroxyl groups is 1. The topological polar surface area (TPSA) is 44.0 Å². The average molecular weight is 193 g/mol. The highest BCUT2D eigenvalue weighted by atomic mass is 19.1. The Hall–Kier alpha value is -1.40. The zero-order chi connectivity index (χ0) is 10.6. The minimum Gasteiger partial charge on any atom is -0.389 e. The second kappa shape index (κ2) is 4.21. The SMILES string of the molecule is CC(O)(CC#N)Cc1ccccc1F. The largest absolute Gasteiger partial charge is 0.389 e. The molecule has 3 heteroatoms. The van der Waals surface area contributed by atoms with Crippen LogP contribution in [0.4, 0.5) is 4.39 Å². The van der Waals surface area contributed by atoms with E-state index in [4.69, 9.17) is 5.26 Å². The van der Waals surface area contributed by atoms with Crippen molar-refractivity contribution in [1.82, 2.24) is 0 Å². The lowest BCUT2D eigenvalue weighted by Gasteiger charge is -2.19. The molecule has 0 heterocycles. The van der Waals surface area contributed by atoms with Crippen LogP contribution in [0.3, 0.4) is 0 Å². The average Bonchev–Trinajstić information content (AvgIpc) is 2.08. The maximum absolute atomic E-state index is 13.2. The first-order chi connectivity index (χ1) is 6.55. The smallest absolute Gasteiger partial charge is 0.126 e. The lowest BCUT2D eigenvalue weighted by Crippen LogP contribution is -2.26. The quantitative estimate of drug-likeness (QED) is 0.798. The van der Waals surface area contributed by atoms with Gasteiger partial charge in [0.15, 0.2) is 0 Å². The molecule has 1 atom stereocenters. The molecular formula is C11H12FNO. The van der Waals surface area contributed by atoms with Crippen LogP contribution in [0.1, 0.15) is 18.9 Å². The number of rotatable bonds is 3. The van der Waals surface area contributed by atoms with Gasteiger partial charge >= 0.3 is 0 Å². The predicted molar refractivity (Wildman–Crippen MR) is 51.0 cm³/mol. The van der Waals surface area contributed by atoms with Gasteiger partial charge in [0.1, 0.15) is 5.82 Å². The van der Waals surface area contributed by atoms with Gasteiger partial charge in [-0.05, 0) is 18.6 Å². The molecular weight excluding hydrogens is 181 g/mol. The molecule has 14 heavy (non-hydrogen) atoms. The highest BCUT2D eigenvalue weighted by molar-refractivity contribution is 5.19. The van der Waals surface area contributed by atoms with Gasteiger partial charge in [-0.1, -0.05) is 18.2 Å². The fourth-order valence-electron chi connectivity index (χ4n) is 1.28. The Morgan fingerprint density at radius 3 is 2.71 bits per heavy atom. The number of halogens is 1. The predicted octanol–water partition coefficient (Wildman–Crippen LogP) is 2.03. The summed E-state index contributed by atoms with van der Waals surface area (Å²) in [5, 5.41) is 18.1. The Bertz CT molecular complexity index is 355. The van der Waals surface area contributed by atoms with Crippen molar-refractivity contribution < 1.29 is 9.50 Å². The summed E-state index contributed by atoms with van der Waals surface area (Å²) in [5.74, 6) is -0.342. The normalized spacial score (nSPS) is 14.4. The Morgan fingerprint density at radius 1 is 1.50 bits per heavy atom. The second-order valence-corrected chi connectivity index (χ2v) is 3.60. The molecule has 1 N–H and O–H groups in total. The zero-order valence-electron chi connectivity index (χ0n) is 8.00. The minimum atomic E-state index is -1.16. The molecule has 0 aliphatic heterocycles. The Morgan fingerprint density at radius 2 is 2.14 bits per heavy atom. The summed E-state index contributed by atoms with van der Waals surface area (Å²) in [6.07, 6.45) is 0.161. The van der Waals surface area contributed by atoms with Gasteiger partial charge in [-0.15, -0.1) is 0 Å². The van der Waals surface area contributed by atoms with E-state index in [2.05, 4.69) is 0 Å². The van der Waals surface area contributed by atoms with Crippen molar-refractivity contribution in [2.24, 2.45) is 0 Å². The summed E-state index contributed by atoms with van der Waals surface area (Å²) < 4.78 is 13.2. The zero-order valence-corrected chi connectivity index (χ0v) is 8.00. The van der Waals surface area contributed by atoms with Gasteiger partial charge in [0.25, 0.3) is 0 Å². The molecule has 0 bridgehead atoms. The summed E-state index contributed by atoms with van der Waals surface area (Å²) in [5.41, 5.74) is -0.718. The van der Waals surface area contributed by atoms with E-state index in [9.17, 15) is 9.50 Å². The molecule has 0 spiro atoms. The minimum absolute atomic E-state index is 0.00132. The van der Waals surface area contributed by atoms with E-state index >= 15 is 0 Å². The van der Waals surface area contributed by atoms with Crippen LogP contribution < -0.4 is 0 Å². The van der Waals surface area contributed by atoms with E-state index < -0.39 is 5.60 Å². The maximum Gasteiger partial charge on any atom is 0.126 e. The third-order valence-corrected chi connectivity index (χ3v) is 1.99. The first kappa shape index (κ1) is 10.7. The third-order valence-electron chi connectivity index (χ3n) is 1.99. The molecule has 1 rings (SSSR count). The summed E-state index contributed by atoms with van der Waals surface area (Å²) in [6.45, 7) is 1.53. The van der Waals surface area contributed by atoms with Gasteiger partial charge in [0.05, 0.1) is 18.1 Å². The molecule has 1 unspecified atom stereocenters. The van der Waals surface area contributed by atoms with Gasteiger partial charge in [-0.2, -0.15) is 5.26 Å². The molecule has 0 radical (unpaired) electrons. The number of nitrogens with zero attached hydrogens (tertiary/aromatic N) is 1. The molecule has 1 aromatic carbocycles. The van der Waals surface area contributed by atoms with Crippen LogP contribution in [0.25, 0.3) is 0 Å². The van der Waals surface area contributed by atoms with Crippen LogP contribution in [0, 0.1) is 17.1 Å². The summed E-state index contributed by atoms with van der Waals surface area (Å²) in [4.78, 5) is 0. The van der Waals surface area contributed by atoms with Crippen molar-refractivity contribution in [3.05, 3.63) is 35.6 Å². The molecule has 0 saturated carbocycles. The number of benzene rings is 1. The van der Waals surface area contributed by atoms with E-state index in [0.29, 0.717) is 5.56 Å². The van der Waals surface area contributed by atoms with Gasteiger partial charge in [-0.3, -0.25) is 0 Å². The highest BCUT2D eigenvalue weighted by Crippen LogP contribution is 2.18. The lowest BCUT2D eigenvalue weighted by atomic mass is 9.94. The molecule has 1 aromatic rings. The van der Waals surface area contributed by atoms with Crippen LogP contribution >= 0.6 is 0 Å². The van der Waals surface area contributed by atoms with Crippen LogP contribution in [0.15, 0.2) is 24.3 Å². The van der Waals surface area contributed by atoms with Crippen LogP contribution in [-0.4, -0.2) is 10.7 Å². The molecule has 0 fully saturated rings. The first-order valence-corrected chi connectivity index (χ1v) is 4.38. The third kappa shape index (κ3) is 2.82. The molecule has 74 valence electrons.